The predicted octanol–water partition coefficient (Wildman–Crippen LogP) is 23.5. The molecule has 17 nitrogen and oxygen atoms in total. The molecule has 0 aromatic carbocycles. The fourth-order valence-electron chi connectivity index (χ4n) is 12.2. The average Bonchev–Trinajstić information content (AvgIpc) is 1.23. The summed E-state index contributed by atoms with van der Waals surface area (Å²) in [7, 11) is -9.92. The van der Waals surface area contributed by atoms with Gasteiger partial charge < -0.3 is 33.8 Å². The zero-order chi connectivity index (χ0) is 72.1. The van der Waals surface area contributed by atoms with Crippen LogP contribution in [-0.4, -0.2) is 96.7 Å². The first-order chi connectivity index (χ1) is 47.4. The van der Waals surface area contributed by atoms with E-state index in [-0.39, 0.29) is 25.7 Å². The van der Waals surface area contributed by atoms with Crippen LogP contribution in [0.1, 0.15) is 414 Å². The molecule has 5 atom stereocenters. The van der Waals surface area contributed by atoms with E-state index >= 15 is 0 Å². The number of aliphatic hydroxyl groups is 1. The molecule has 0 amide bonds. The number of esters is 4. The topological polar surface area (TPSA) is 237 Å². The molecule has 19 heteroatoms. The van der Waals surface area contributed by atoms with E-state index in [2.05, 4.69) is 41.5 Å². The van der Waals surface area contributed by atoms with Crippen LogP contribution >= 0.6 is 15.6 Å². The number of hydrogen-bond acceptors (Lipinski definition) is 15. The molecule has 2 unspecified atom stereocenters. The molecule has 0 spiro atoms. The van der Waals surface area contributed by atoms with E-state index in [0.29, 0.717) is 25.7 Å². The van der Waals surface area contributed by atoms with Gasteiger partial charge in [0, 0.05) is 25.7 Å². The Morgan fingerprint density at radius 2 is 0.469 bits per heavy atom. The summed E-state index contributed by atoms with van der Waals surface area (Å²) >= 11 is 0. The lowest BCUT2D eigenvalue weighted by atomic mass is 10.0. The highest BCUT2D eigenvalue weighted by molar-refractivity contribution is 7.47. The van der Waals surface area contributed by atoms with Crippen molar-refractivity contribution in [3.8, 4) is 0 Å². The van der Waals surface area contributed by atoms with Crippen molar-refractivity contribution in [1.82, 2.24) is 0 Å². The van der Waals surface area contributed by atoms with Gasteiger partial charge in [0.15, 0.2) is 12.2 Å². The second kappa shape index (κ2) is 70.7. The molecule has 0 aromatic rings. The first-order valence-electron chi connectivity index (χ1n) is 41.0. The minimum absolute atomic E-state index is 0.107. The van der Waals surface area contributed by atoms with Gasteiger partial charge in [0.25, 0.3) is 0 Å². The maximum Gasteiger partial charge on any atom is 0.472 e. The van der Waals surface area contributed by atoms with Crippen LogP contribution in [0.2, 0.25) is 0 Å². The Morgan fingerprint density at radius 3 is 0.694 bits per heavy atom. The van der Waals surface area contributed by atoms with Crippen LogP contribution in [0.4, 0.5) is 0 Å². The molecule has 0 fully saturated rings. The van der Waals surface area contributed by atoms with Crippen molar-refractivity contribution in [3.05, 3.63) is 0 Å². The van der Waals surface area contributed by atoms with E-state index in [4.69, 9.17) is 37.0 Å². The van der Waals surface area contributed by atoms with E-state index in [9.17, 15) is 43.2 Å². The van der Waals surface area contributed by atoms with E-state index in [1.807, 2.05) is 0 Å². The molecule has 98 heavy (non-hydrogen) atoms. The Bertz CT molecular complexity index is 1890. The fourth-order valence-corrected chi connectivity index (χ4v) is 13.8. The summed E-state index contributed by atoms with van der Waals surface area (Å²) in [6.45, 7) is 9.65. The van der Waals surface area contributed by atoms with Crippen molar-refractivity contribution in [2.75, 3.05) is 39.6 Å². The molecule has 0 heterocycles. The molecule has 0 bridgehead atoms. The number of hydrogen-bond donors (Lipinski definition) is 3. The van der Waals surface area contributed by atoms with Gasteiger partial charge in [0.05, 0.1) is 26.4 Å². The summed E-state index contributed by atoms with van der Waals surface area (Å²) < 4.78 is 68.7. The number of phosphoric acid groups is 2. The highest BCUT2D eigenvalue weighted by Gasteiger charge is 2.30. The van der Waals surface area contributed by atoms with Gasteiger partial charge in [-0.15, -0.1) is 0 Å². The van der Waals surface area contributed by atoms with Gasteiger partial charge in [0.1, 0.15) is 19.3 Å². The first kappa shape index (κ1) is 96.1. The van der Waals surface area contributed by atoms with Crippen molar-refractivity contribution in [2.24, 2.45) is 11.8 Å². The minimum Gasteiger partial charge on any atom is -0.462 e. The molecule has 582 valence electrons. The number of ether oxygens (including phenoxy) is 4. The smallest absolute Gasteiger partial charge is 0.462 e. The van der Waals surface area contributed by atoms with Gasteiger partial charge in [-0.05, 0) is 37.5 Å². The number of carbonyl (C=O) groups is 4. The lowest BCUT2D eigenvalue weighted by Crippen LogP contribution is -2.30. The Morgan fingerprint density at radius 1 is 0.276 bits per heavy atom. The van der Waals surface area contributed by atoms with Gasteiger partial charge in [-0.1, -0.05) is 363 Å². The zero-order valence-electron chi connectivity index (χ0n) is 64.1. The van der Waals surface area contributed by atoms with Crippen LogP contribution in [0, 0.1) is 11.8 Å². The van der Waals surface area contributed by atoms with Crippen LogP contribution in [0.5, 0.6) is 0 Å². The van der Waals surface area contributed by atoms with Crippen LogP contribution in [-0.2, 0) is 65.4 Å². The van der Waals surface area contributed by atoms with Gasteiger partial charge in [-0.2, -0.15) is 0 Å². The predicted molar refractivity (Wildman–Crippen MR) is 400 cm³/mol. The van der Waals surface area contributed by atoms with Gasteiger partial charge in [0.2, 0.25) is 0 Å². The zero-order valence-corrected chi connectivity index (χ0v) is 65.9. The highest BCUT2D eigenvalue weighted by Crippen LogP contribution is 2.45. The summed E-state index contributed by atoms with van der Waals surface area (Å²) in [5, 5.41) is 10.6. The van der Waals surface area contributed by atoms with Crippen LogP contribution in [0.15, 0.2) is 0 Å². The van der Waals surface area contributed by atoms with Crippen LogP contribution < -0.4 is 0 Å². The molecule has 0 aliphatic heterocycles. The van der Waals surface area contributed by atoms with E-state index < -0.39 is 97.5 Å². The van der Waals surface area contributed by atoms with E-state index in [1.165, 1.54) is 231 Å². The standard InChI is InChI=1S/C79H154O17P2/c1-7-9-11-13-15-17-19-21-22-26-32-38-44-50-56-62-77(82)90-67-74(95-78(83)63-57-51-45-39-33-27-23-25-29-35-41-47-53-59-71(3)4)69-93-97(85,86)91-65-73(80)66-92-98(87,88)94-70-75(68-89-76(81)61-55-49-43-37-31-24-20-18-16-14-12-10-8-2)96-79(84)64-58-52-46-40-34-28-30-36-42-48-54-60-72(5)6/h71-75,80H,7-70H2,1-6H3,(H,85,86)(H,87,88)/t73-,74-,75-/m1/s1. The largest absolute Gasteiger partial charge is 0.472 e. The van der Waals surface area contributed by atoms with Crippen LogP contribution in [0.25, 0.3) is 0 Å². The van der Waals surface area contributed by atoms with Gasteiger partial charge in [-0.3, -0.25) is 37.3 Å². The van der Waals surface area contributed by atoms with E-state index in [0.717, 1.165) is 102 Å². The number of rotatable bonds is 78. The lowest BCUT2D eigenvalue weighted by molar-refractivity contribution is -0.161. The number of unbranched alkanes of at least 4 members (excludes halogenated alkanes) is 48. The number of aliphatic hydroxyl groups excluding tert-OH is 1. The third-order valence-electron chi connectivity index (χ3n) is 18.5. The molecule has 0 aromatic heterocycles. The Hall–Kier alpha value is -1.94. The van der Waals surface area contributed by atoms with E-state index in [1.54, 1.807) is 0 Å². The first-order valence-corrected chi connectivity index (χ1v) is 44.0. The average molecular weight is 1440 g/mol. The van der Waals surface area contributed by atoms with Crippen LogP contribution in [0.3, 0.4) is 0 Å². The molecule has 0 rings (SSSR count). The Kier molecular flexibility index (Phi) is 69.3. The maximum absolute atomic E-state index is 13.1. The molecule has 0 aliphatic rings. The van der Waals surface area contributed by atoms with Gasteiger partial charge >= 0.3 is 39.5 Å². The third kappa shape index (κ3) is 72.4. The molecule has 0 saturated heterocycles. The fraction of sp³-hybridized carbons (Fsp3) is 0.949. The summed E-state index contributed by atoms with van der Waals surface area (Å²) in [6, 6.07) is 0. The second-order valence-electron chi connectivity index (χ2n) is 29.4. The monoisotopic (exact) mass is 1440 g/mol. The molecule has 0 radical (unpaired) electrons. The Labute approximate surface area is 600 Å². The quantitative estimate of drug-likeness (QED) is 0.0222. The van der Waals surface area contributed by atoms with Gasteiger partial charge in [-0.25, -0.2) is 9.13 Å². The lowest BCUT2D eigenvalue weighted by Gasteiger charge is -2.21. The molecule has 3 N–H and O–H groups in total. The molecule has 0 saturated carbocycles. The highest BCUT2D eigenvalue weighted by atomic mass is 31.2. The molecular formula is C79H154O17P2. The van der Waals surface area contributed by atoms with Crippen molar-refractivity contribution in [3.63, 3.8) is 0 Å². The number of phosphoric ester groups is 2. The summed E-state index contributed by atoms with van der Waals surface area (Å²) in [6.07, 6.45) is 59.4. The maximum atomic E-state index is 13.1. The Balaban J connectivity index is 5.27. The SMILES string of the molecule is CCCCCCCCCCCCCCCCCC(=O)OC[C@H](COP(=O)(O)OC[C@@H](O)COP(=O)(O)OC[C@@H](COC(=O)CCCCCCCCCCCCCCC)OC(=O)CCCCCCCCCCCCCC(C)C)OC(=O)CCCCCCCCCCCCCCCC(C)C. The third-order valence-corrected chi connectivity index (χ3v) is 20.4. The van der Waals surface area contributed by atoms with Crippen molar-refractivity contribution in [2.45, 2.75) is 432 Å². The summed E-state index contributed by atoms with van der Waals surface area (Å²) in [5.41, 5.74) is 0. The van der Waals surface area contributed by atoms with Crippen molar-refractivity contribution >= 4 is 39.5 Å². The number of carbonyl (C=O) groups excluding carboxylic acids is 4. The minimum atomic E-state index is -4.96. The molecular weight excluding hydrogens is 1280 g/mol. The van der Waals surface area contributed by atoms with Crippen molar-refractivity contribution in [1.29, 1.82) is 0 Å². The summed E-state index contributed by atoms with van der Waals surface area (Å²) in [4.78, 5) is 73.0. The summed E-state index contributed by atoms with van der Waals surface area (Å²) in [5.74, 6) is -0.556. The second-order valence-corrected chi connectivity index (χ2v) is 32.3. The van der Waals surface area contributed by atoms with Crippen molar-refractivity contribution < 1.29 is 80.2 Å². The molecule has 0 aliphatic carbocycles. The normalized spacial score (nSPS) is 13.9.